The predicted molar refractivity (Wildman–Crippen MR) is 95.3 cm³/mol. The van der Waals surface area contributed by atoms with E-state index in [0.29, 0.717) is 17.8 Å². The van der Waals surface area contributed by atoms with Crippen LogP contribution in [0.5, 0.6) is 5.75 Å². The maximum absolute atomic E-state index is 11.5. The van der Waals surface area contributed by atoms with E-state index in [-0.39, 0.29) is 5.69 Å². The van der Waals surface area contributed by atoms with Crippen LogP contribution in [0.25, 0.3) is 11.3 Å². The molecule has 1 aliphatic heterocycles. The van der Waals surface area contributed by atoms with Gasteiger partial charge in [-0.1, -0.05) is 12.1 Å². The Hall–Kier alpha value is -3.36. The molecular formula is C17H18N6O3. The first-order chi connectivity index (χ1) is 12.7. The Morgan fingerprint density at radius 3 is 2.81 bits per heavy atom. The number of ether oxygens (including phenoxy) is 1. The molecule has 9 heteroatoms. The van der Waals surface area contributed by atoms with E-state index in [4.69, 9.17) is 4.74 Å². The lowest BCUT2D eigenvalue weighted by atomic mass is 10.1. The summed E-state index contributed by atoms with van der Waals surface area (Å²) in [6.45, 7) is 2.03. The number of nitrogens with one attached hydrogen (secondary N) is 1. The van der Waals surface area contributed by atoms with E-state index >= 15 is 0 Å². The summed E-state index contributed by atoms with van der Waals surface area (Å²) in [4.78, 5) is 11.1. The van der Waals surface area contributed by atoms with E-state index in [9.17, 15) is 10.1 Å². The molecule has 26 heavy (non-hydrogen) atoms. The number of nitro groups is 1. The third kappa shape index (κ3) is 2.77. The molecule has 0 aliphatic carbocycles. The number of benzene rings is 1. The lowest BCUT2D eigenvalue weighted by Crippen LogP contribution is -2.18. The summed E-state index contributed by atoms with van der Waals surface area (Å²) in [5.41, 5.74) is 2.10. The molecule has 3 aromatic rings. The molecule has 0 radical (unpaired) electrons. The van der Waals surface area contributed by atoms with Crippen LogP contribution >= 0.6 is 0 Å². The van der Waals surface area contributed by atoms with Crippen molar-refractivity contribution in [2.24, 2.45) is 0 Å². The number of aromatic nitrogens is 4. The topological polar surface area (TPSA) is 100 Å². The Kier molecular flexibility index (Phi) is 4.04. The van der Waals surface area contributed by atoms with E-state index in [1.165, 1.54) is 6.20 Å². The smallest absolute Gasteiger partial charge is 0.315 e. The van der Waals surface area contributed by atoms with Crippen molar-refractivity contribution in [3.63, 3.8) is 0 Å². The monoisotopic (exact) mass is 354 g/mol. The number of aryl methyl sites for hydroxylation is 1. The van der Waals surface area contributed by atoms with E-state index in [1.807, 2.05) is 28.9 Å². The molecular weight excluding hydrogens is 336 g/mol. The summed E-state index contributed by atoms with van der Waals surface area (Å²) < 4.78 is 8.66. The molecule has 1 N–H and O–H groups in total. The van der Waals surface area contributed by atoms with Crippen molar-refractivity contribution in [1.29, 1.82) is 0 Å². The zero-order valence-corrected chi connectivity index (χ0v) is 14.3. The van der Waals surface area contributed by atoms with Gasteiger partial charge in [-0.15, -0.1) is 0 Å². The number of rotatable bonds is 5. The minimum Gasteiger partial charge on any atom is -0.497 e. The molecule has 3 heterocycles. The van der Waals surface area contributed by atoms with Crippen LogP contribution in [0.1, 0.15) is 12.0 Å². The molecule has 0 bridgehead atoms. The zero-order valence-electron chi connectivity index (χ0n) is 14.3. The highest BCUT2D eigenvalue weighted by Crippen LogP contribution is 2.36. The van der Waals surface area contributed by atoms with Crippen LogP contribution in [0.3, 0.4) is 0 Å². The normalized spacial score (nSPS) is 13.1. The Bertz CT molecular complexity index is 944. The number of hydrogen-bond donors (Lipinski definition) is 1. The molecule has 0 saturated carbocycles. The molecule has 0 atom stereocenters. The molecule has 2 aromatic heterocycles. The lowest BCUT2D eigenvalue weighted by Gasteiger charge is -2.17. The summed E-state index contributed by atoms with van der Waals surface area (Å²) in [7, 11) is 1.61. The van der Waals surface area contributed by atoms with Crippen LogP contribution in [-0.4, -0.2) is 38.1 Å². The fourth-order valence-electron chi connectivity index (χ4n) is 3.16. The van der Waals surface area contributed by atoms with Gasteiger partial charge in [-0.3, -0.25) is 14.8 Å². The van der Waals surface area contributed by atoms with Gasteiger partial charge in [-0.25, -0.2) is 4.68 Å². The second-order valence-corrected chi connectivity index (χ2v) is 6.05. The lowest BCUT2D eigenvalue weighted by molar-refractivity contribution is -0.384. The highest BCUT2D eigenvalue weighted by Gasteiger charge is 2.27. The van der Waals surface area contributed by atoms with Crippen LogP contribution < -0.4 is 10.1 Å². The largest absolute Gasteiger partial charge is 0.497 e. The number of anilines is 1. The quantitative estimate of drug-likeness (QED) is 0.558. The highest BCUT2D eigenvalue weighted by atomic mass is 16.6. The van der Waals surface area contributed by atoms with Gasteiger partial charge < -0.3 is 10.1 Å². The minimum atomic E-state index is -0.403. The van der Waals surface area contributed by atoms with Gasteiger partial charge in [0.1, 0.15) is 17.8 Å². The summed E-state index contributed by atoms with van der Waals surface area (Å²) >= 11 is 0. The van der Waals surface area contributed by atoms with E-state index < -0.39 is 4.92 Å². The second-order valence-electron chi connectivity index (χ2n) is 6.05. The van der Waals surface area contributed by atoms with Gasteiger partial charge in [-0.05, 0) is 24.1 Å². The molecule has 0 unspecified atom stereocenters. The Morgan fingerprint density at radius 1 is 1.27 bits per heavy atom. The van der Waals surface area contributed by atoms with Crippen LogP contribution in [-0.2, 0) is 13.1 Å². The molecule has 0 spiro atoms. The fourth-order valence-corrected chi connectivity index (χ4v) is 3.16. The molecule has 0 amide bonds. The average molecular weight is 354 g/mol. The number of hydrogen-bond acceptors (Lipinski definition) is 6. The third-order valence-electron chi connectivity index (χ3n) is 4.44. The SMILES string of the molecule is COc1ccc(Cn2ncc([N+](=O)[O-])c2-c2cnn3c2NCCC3)cc1. The van der Waals surface area contributed by atoms with Crippen molar-refractivity contribution < 1.29 is 9.66 Å². The van der Waals surface area contributed by atoms with Crippen molar-refractivity contribution in [3.8, 4) is 17.0 Å². The zero-order chi connectivity index (χ0) is 18.1. The molecule has 1 aliphatic rings. The van der Waals surface area contributed by atoms with Crippen molar-refractivity contribution in [2.75, 3.05) is 19.0 Å². The first-order valence-corrected chi connectivity index (χ1v) is 8.30. The van der Waals surface area contributed by atoms with Gasteiger partial charge in [0.25, 0.3) is 0 Å². The Balaban J connectivity index is 1.76. The average Bonchev–Trinajstić information content (AvgIpc) is 3.26. The first kappa shape index (κ1) is 16.1. The van der Waals surface area contributed by atoms with Crippen molar-refractivity contribution in [2.45, 2.75) is 19.5 Å². The van der Waals surface area contributed by atoms with E-state index in [1.54, 1.807) is 18.0 Å². The summed E-state index contributed by atoms with van der Waals surface area (Å²) in [5.74, 6) is 1.56. The van der Waals surface area contributed by atoms with Crippen molar-refractivity contribution in [3.05, 3.63) is 52.3 Å². The molecule has 0 fully saturated rings. The van der Waals surface area contributed by atoms with Crippen molar-refractivity contribution >= 4 is 11.5 Å². The van der Waals surface area contributed by atoms with Gasteiger partial charge in [0.2, 0.25) is 0 Å². The predicted octanol–water partition coefficient (Wildman–Crippen LogP) is 2.53. The van der Waals surface area contributed by atoms with E-state index in [2.05, 4.69) is 15.5 Å². The van der Waals surface area contributed by atoms with E-state index in [0.717, 1.165) is 36.6 Å². The second kappa shape index (κ2) is 6.51. The summed E-state index contributed by atoms with van der Waals surface area (Å²) in [6, 6.07) is 7.55. The Morgan fingerprint density at radius 2 is 2.08 bits per heavy atom. The van der Waals surface area contributed by atoms with Gasteiger partial charge in [0.05, 0.1) is 30.3 Å². The number of nitrogens with zero attached hydrogens (tertiary/aromatic N) is 5. The van der Waals surface area contributed by atoms with Crippen molar-refractivity contribution in [1.82, 2.24) is 19.6 Å². The highest BCUT2D eigenvalue weighted by molar-refractivity contribution is 5.79. The summed E-state index contributed by atoms with van der Waals surface area (Å²) in [6.07, 6.45) is 3.94. The maximum Gasteiger partial charge on any atom is 0.315 e. The molecule has 9 nitrogen and oxygen atoms in total. The number of fused-ring (bicyclic) bond motifs is 1. The standard InChI is InChI=1S/C17H18N6O3/c1-26-13-5-3-12(4-6-13)11-22-16(15(10-20-22)23(24)25)14-9-19-21-8-2-7-18-17(14)21/h3-6,9-10,18H,2,7-8,11H2,1H3. The van der Waals surface area contributed by atoms with Crippen LogP contribution in [0.2, 0.25) is 0 Å². The first-order valence-electron chi connectivity index (χ1n) is 8.30. The van der Waals surface area contributed by atoms with Crippen LogP contribution in [0.4, 0.5) is 11.5 Å². The minimum absolute atomic E-state index is 0.0262. The van der Waals surface area contributed by atoms with Gasteiger partial charge in [0.15, 0.2) is 5.69 Å². The van der Waals surface area contributed by atoms with Gasteiger partial charge in [0, 0.05) is 13.1 Å². The van der Waals surface area contributed by atoms with Crippen LogP contribution in [0.15, 0.2) is 36.7 Å². The molecule has 0 saturated heterocycles. The number of methoxy groups -OCH3 is 1. The Labute approximate surface area is 149 Å². The molecule has 134 valence electrons. The maximum atomic E-state index is 11.5. The third-order valence-corrected chi connectivity index (χ3v) is 4.44. The fraction of sp³-hybridized carbons (Fsp3) is 0.294. The van der Waals surface area contributed by atoms with Crippen LogP contribution in [0, 0.1) is 10.1 Å². The van der Waals surface area contributed by atoms with Gasteiger partial charge >= 0.3 is 5.69 Å². The van der Waals surface area contributed by atoms with Gasteiger partial charge in [-0.2, -0.15) is 10.2 Å². The molecule has 4 rings (SSSR count). The summed E-state index contributed by atoms with van der Waals surface area (Å²) in [5, 5.41) is 23.4. The molecule has 1 aromatic carbocycles.